The molecule has 1 aliphatic rings. The third-order valence-corrected chi connectivity index (χ3v) is 3.43. The van der Waals surface area contributed by atoms with Crippen LogP contribution in [0.2, 0.25) is 0 Å². The molecule has 1 aromatic heterocycles. The predicted octanol–water partition coefficient (Wildman–Crippen LogP) is 2.55. The maximum Gasteiger partial charge on any atom is 0.214 e. The van der Waals surface area contributed by atoms with Gasteiger partial charge < -0.3 is 9.80 Å². The number of pyridine rings is 1. The lowest BCUT2D eigenvalue weighted by Crippen LogP contribution is -2.46. The van der Waals surface area contributed by atoms with E-state index in [-0.39, 0.29) is 0 Å². The average Bonchev–Trinajstić information content (AvgIpc) is 2.48. The van der Waals surface area contributed by atoms with Crippen molar-refractivity contribution in [3.8, 4) is 0 Å². The molecule has 3 rings (SSSR count). The van der Waals surface area contributed by atoms with Gasteiger partial charge in [-0.15, -0.1) is 0 Å². The lowest BCUT2D eigenvalue weighted by Gasteiger charge is -2.36. The van der Waals surface area contributed by atoms with E-state index < -0.39 is 5.95 Å². The van der Waals surface area contributed by atoms with Crippen molar-refractivity contribution in [2.24, 2.45) is 0 Å². The van der Waals surface area contributed by atoms with Crippen LogP contribution in [0.25, 0.3) is 0 Å². The molecule has 0 radical (unpaired) electrons. The molecule has 1 aliphatic heterocycles. The highest BCUT2D eigenvalue weighted by Gasteiger charge is 2.18. The van der Waals surface area contributed by atoms with E-state index in [1.807, 2.05) is 12.1 Å². The van der Waals surface area contributed by atoms with Crippen LogP contribution < -0.4 is 9.80 Å². The Morgan fingerprint density at radius 1 is 0.789 bits per heavy atom. The van der Waals surface area contributed by atoms with Crippen LogP contribution in [0.15, 0.2) is 48.5 Å². The van der Waals surface area contributed by atoms with Crippen molar-refractivity contribution < 1.29 is 4.39 Å². The molecule has 1 saturated heterocycles. The minimum Gasteiger partial charge on any atom is -0.368 e. The lowest BCUT2D eigenvalue weighted by molar-refractivity contribution is 0.575. The summed E-state index contributed by atoms with van der Waals surface area (Å²) in [6.07, 6.45) is 0. The summed E-state index contributed by atoms with van der Waals surface area (Å²) in [5.74, 6) is 0.315. The third-order valence-electron chi connectivity index (χ3n) is 3.43. The zero-order chi connectivity index (χ0) is 13.1. The zero-order valence-corrected chi connectivity index (χ0v) is 10.7. The van der Waals surface area contributed by atoms with E-state index in [0.29, 0.717) is 0 Å². The van der Waals surface area contributed by atoms with Gasteiger partial charge in [-0.1, -0.05) is 24.3 Å². The summed E-state index contributed by atoms with van der Waals surface area (Å²) in [5, 5.41) is 0. The fourth-order valence-electron chi connectivity index (χ4n) is 2.41. The standard InChI is InChI=1S/C15H16FN3/c16-14-7-4-8-15(17-14)19-11-9-18(10-12-19)13-5-2-1-3-6-13/h1-8H,9-12H2. The Morgan fingerprint density at radius 3 is 2.16 bits per heavy atom. The molecular formula is C15H16FN3. The molecule has 2 heterocycles. The molecule has 4 heteroatoms. The molecule has 0 unspecified atom stereocenters. The Bertz CT molecular complexity index is 536. The molecule has 1 fully saturated rings. The minimum absolute atomic E-state index is 0.414. The van der Waals surface area contributed by atoms with E-state index in [1.165, 1.54) is 11.8 Å². The molecule has 0 amide bonds. The van der Waals surface area contributed by atoms with Gasteiger partial charge in [-0.25, -0.2) is 4.98 Å². The van der Waals surface area contributed by atoms with Crippen LogP contribution in [0.4, 0.5) is 15.9 Å². The van der Waals surface area contributed by atoms with Crippen molar-refractivity contribution in [1.29, 1.82) is 0 Å². The molecule has 0 bridgehead atoms. The Morgan fingerprint density at radius 2 is 1.47 bits per heavy atom. The quantitative estimate of drug-likeness (QED) is 0.771. The number of halogens is 1. The summed E-state index contributed by atoms with van der Waals surface area (Å²) in [6, 6.07) is 15.3. The molecule has 0 N–H and O–H groups in total. The maximum atomic E-state index is 13.1. The van der Waals surface area contributed by atoms with Crippen LogP contribution in [-0.4, -0.2) is 31.2 Å². The van der Waals surface area contributed by atoms with Crippen LogP contribution in [0.1, 0.15) is 0 Å². The van der Waals surface area contributed by atoms with Crippen molar-refractivity contribution in [2.45, 2.75) is 0 Å². The Hall–Kier alpha value is -2.10. The molecule has 3 nitrogen and oxygen atoms in total. The van der Waals surface area contributed by atoms with Crippen LogP contribution >= 0.6 is 0 Å². The fourth-order valence-corrected chi connectivity index (χ4v) is 2.41. The van der Waals surface area contributed by atoms with Crippen LogP contribution in [0.5, 0.6) is 0 Å². The van der Waals surface area contributed by atoms with Gasteiger partial charge in [0.25, 0.3) is 0 Å². The van der Waals surface area contributed by atoms with Crippen LogP contribution in [0.3, 0.4) is 0 Å². The first-order valence-electron chi connectivity index (χ1n) is 6.50. The first-order valence-corrected chi connectivity index (χ1v) is 6.50. The van der Waals surface area contributed by atoms with Gasteiger partial charge in [0.15, 0.2) is 0 Å². The summed E-state index contributed by atoms with van der Waals surface area (Å²) < 4.78 is 13.1. The highest BCUT2D eigenvalue weighted by Crippen LogP contribution is 2.18. The SMILES string of the molecule is Fc1cccc(N2CCN(c3ccccc3)CC2)n1. The van der Waals surface area contributed by atoms with Crippen LogP contribution in [0, 0.1) is 5.95 Å². The number of para-hydroxylation sites is 1. The van der Waals surface area contributed by atoms with Gasteiger partial charge in [-0.2, -0.15) is 4.39 Å². The number of anilines is 2. The topological polar surface area (TPSA) is 19.4 Å². The number of rotatable bonds is 2. The summed E-state index contributed by atoms with van der Waals surface area (Å²) in [7, 11) is 0. The summed E-state index contributed by atoms with van der Waals surface area (Å²) in [6.45, 7) is 3.60. The molecule has 0 spiro atoms. The number of hydrogen-bond acceptors (Lipinski definition) is 3. The van der Waals surface area contributed by atoms with Crippen molar-refractivity contribution in [1.82, 2.24) is 4.98 Å². The summed E-state index contributed by atoms with van der Waals surface area (Å²) in [4.78, 5) is 8.41. The molecule has 0 atom stereocenters. The Balaban J connectivity index is 1.67. The molecule has 19 heavy (non-hydrogen) atoms. The van der Waals surface area contributed by atoms with Gasteiger partial charge in [0, 0.05) is 31.9 Å². The van der Waals surface area contributed by atoms with Gasteiger partial charge in [0.2, 0.25) is 5.95 Å². The molecule has 1 aromatic carbocycles. The van der Waals surface area contributed by atoms with Crippen LogP contribution in [-0.2, 0) is 0 Å². The van der Waals surface area contributed by atoms with Gasteiger partial charge in [0.1, 0.15) is 5.82 Å². The maximum absolute atomic E-state index is 13.1. The smallest absolute Gasteiger partial charge is 0.214 e. The van der Waals surface area contributed by atoms with Crippen molar-refractivity contribution in [3.05, 3.63) is 54.5 Å². The second kappa shape index (κ2) is 5.26. The van der Waals surface area contributed by atoms with Gasteiger partial charge in [-0.3, -0.25) is 0 Å². The highest BCUT2D eigenvalue weighted by molar-refractivity contribution is 5.49. The molecule has 2 aromatic rings. The molecule has 0 saturated carbocycles. The number of aromatic nitrogens is 1. The monoisotopic (exact) mass is 257 g/mol. The normalized spacial score (nSPS) is 15.6. The first kappa shape index (κ1) is 12.0. The Labute approximate surface area is 112 Å². The second-order valence-corrected chi connectivity index (χ2v) is 4.63. The average molecular weight is 257 g/mol. The fraction of sp³-hybridized carbons (Fsp3) is 0.267. The van der Waals surface area contributed by atoms with E-state index in [1.54, 1.807) is 6.07 Å². The second-order valence-electron chi connectivity index (χ2n) is 4.63. The summed E-state index contributed by atoms with van der Waals surface area (Å²) in [5.41, 5.74) is 1.24. The molecule has 98 valence electrons. The van der Waals surface area contributed by atoms with Gasteiger partial charge in [0.05, 0.1) is 0 Å². The largest absolute Gasteiger partial charge is 0.368 e. The van der Waals surface area contributed by atoms with Gasteiger partial charge >= 0.3 is 0 Å². The Kier molecular flexibility index (Phi) is 3.31. The number of nitrogens with zero attached hydrogens (tertiary/aromatic N) is 3. The number of benzene rings is 1. The van der Waals surface area contributed by atoms with Gasteiger partial charge in [-0.05, 0) is 24.3 Å². The van der Waals surface area contributed by atoms with E-state index in [4.69, 9.17) is 0 Å². The number of piperazine rings is 1. The van der Waals surface area contributed by atoms with E-state index in [9.17, 15) is 4.39 Å². The zero-order valence-electron chi connectivity index (χ0n) is 10.7. The number of hydrogen-bond donors (Lipinski definition) is 0. The van der Waals surface area contributed by atoms with Crippen molar-refractivity contribution in [2.75, 3.05) is 36.0 Å². The van der Waals surface area contributed by atoms with Crippen molar-refractivity contribution >= 4 is 11.5 Å². The highest BCUT2D eigenvalue weighted by atomic mass is 19.1. The van der Waals surface area contributed by atoms with E-state index in [0.717, 1.165) is 32.0 Å². The first-order chi connectivity index (χ1) is 9.33. The summed E-state index contributed by atoms with van der Waals surface area (Å²) >= 11 is 0. The van der Waals surface area contributed by atoms with Crippen molar-refractivity contribution in [3.63, 3.8) is 0 Å². The predicted molar refractivity (Wildman–Crippen MR) is 75.1 cm³/mol. The lowest BCUT2D eigenvalue weighted by atomic mass is 10.2. The van der Waals surface area contributed by atoms with E-state index in [2.05, 4.69) is 39.0 Å². The molecule has 0 aliphatic carbocycles. The van der Waals surface area contributed by atoms with E-state index >= 15 is 0 Å². The third kappa shape index (κ3) is 2.67. The molecular weight excluding hydrogens is 241 g/mol. The minimum atomic E-state index is -0.414.